The van der Waals surface area contributed by atoms with Crippen LogP contribution in [0.25, 0.3) is 0 Å². The summed E-state index contributed by atoms with van der Waals surface area (Å²) in [5, 5.41) is 0. The molecule has 0 aliphatic rings. The molecule has 0 radical (unpaired) electrons. The molecule has 0 fully saturated rings. The number of para-hydroxylation sites is 1. The number of allylic oxidation sites excluding steroid dienone is 1. The Balaban J connectivity index is 2.51. The van der Waals surface area contributed by atoms with Gasteiger partial charge < -0.3 is 5.73 Å². The van der Waals surface area contributed by atoms with Gasteiger partial charge in [0, 0.05) is 16.3 Å². The van der Waals surface area contributed by atoms with Crippen LogP contribution in [0.3, 0.4) is 0 Å². The first-order valence-electron chi connectivity index (χ1n) is 3.93. The lowest BCUT2D eigenvalue weighted by Gasteiger charge is -2.02. The first-order chi connectivity index (χ1) is 5.84. The third-order valence-corrected chi connectivity index (χ3v) is 2.62. The van der Waals surface area contributed by atoms with Crippen molar-refractivity contribution in [3.05, 3.63) is 36.9 Å². The summed E-state index contributed by atoms with van der Waals surface area (Å²) < 4.78 is 0. The van der Waals surface area contributed by atoms with Crippen molar-refractivity contribution in [3.63, 3.8) is 0 Å². The summed E-state index contributed by atoms with van der Waals surface area (Å²) in [5.74, 6) is 1.05. The van der Waals surface area contributed by atoms with Gasteiger partial charge in [0.25, 0.3) is 0 Å². The van der Waals surface area contributed by atoms with E-state index < -0.39 is 0 Å². The molecule has 64 valence electrons. The minimum atomic E-state index is 0.867. The number of hydrogen-bond acceptors (Lipinski definition) is 2. The van der Waals surface area contributed by atoms with Gasteiger partial charge in [0.2, 0.25) is 0 Å². The van der Waals surface area contributed by atoms with E-state index >= 15 is 0 Å². The molecule has 1 aromatic rings. The number of anilines is 1. The molecule has 2 N–H and O–H groups in total. The average molecular weight is 179 g/mol. The topological polar surface area (TPSA) is 26.0 Å². The number of thioether (sulfide) groups is 1. The molecule has 1 nitrogen and oxygen atoms in total. The highest BCUT2D eigenvalue weighted by Gasteiger charge is 1.95. The van der Waals surface area contributed by atoms with Crippen molar-refractivity contribution in [1.82, 2.24) is 0 Å². The van der Waals surface area contributed by atoms with Crippen LogP contribution in [0.4, 0.5) is 5.69 Å². The van der Waals surface area contributed by atoms with Gasteiger partial charge in [-0.25, -0.2) is 0 Å². The fourth-order valence-corrected chi connectivity index (χ4v) is 1.78. The molecule has 1 rings (SSSR count). The van der Waals surface area contributed by atoms with Gasteiger partial charge in [-0.2, -0.15) is 0 Å². The van der Waals surface area contributed by atoms with Gasteiger partial charge in [-0.1, -0.05) is 18.2 Å². The Morgan fingerprint density at radius 1 is 1.42 bits per heavy atom. The van der Waals surface area contributed by atoms with E-state index in [-0.39, 0.29) is 0 Å². The monoisotopic (exact) mass is 179 g/mol. The molecule has 0 saturated carbocycles. The predicted molar refractivity (Wildman–Crippen MR) is 56.4 cm³/mol. The third kappa shape index (κ3) is 2.62. The molecule has 0 aliphatic carbocycles. The lowest BCUT2D eigenvalue weighted by molar-refractivity contribution is 1.25. The Bertz CT molecular complexity index is 258. The second kappa shape index (κ2) is 4.88. The number of nitrogen functional groups attached to an aromatic ring is 1. The van der Waals surface area contributed by atoms with Crippen LogP contribution in [-0.2, 0) is 0 Å². The largest absolute Gasteiger partial charge is 0.398 e. The highest BCUT2D eigenvalue weighted by molar-refractivity contribution is 7.99. The molecule has 0 heterocycles. The summed E-state index contributed by atoms with van der Waals surface area (Å²) in [6.45, 7) is 3.67. The first kappa shape index (κ1) is 9.20. The summed E-state index contributed by atoms with van der Waals surface area (Å²) in [6, 6.07) is 7.93. The van der Waals surface area contributed by atoms with Crippen LogP contribution in [0, 0.1) is 0 Å². The van der Waals surface area contributed by atoms with Gasteiger partial charge in [-0.15, -0.1) is 18.3 Å². The fourth-order valence-electron chi connectivity index (χ4n) is 0.864. The lowest BCUT2D eigenvalue weighted by atomic mass is 10.3. The molecule has 2 heteroatoms. The van der Waals surface area contributed by atoms with E-state index in [4.69, 9.17) is 5.73 Å². The lowest BCUT2D eigenvalue weighted by Crippen LogP contribution is -1.87. The van der Waals surface area contributed by atoms with Crippen molar-refractivity contribution in [2.45, 2.75) is 11.3 Å². The van der Waals surface area contributed by atoms with Crippen LogP contribution in [0.2, 0.25) is 0 Å². The van der Waals surface area contributed by atoms with E-state index in [1.165, 1.54) is 4.90 Å². The molecule has 0 amide bonds. The highest BCUT2D eigenvalue weighted by Crippen LogP contribution is 2.24. The summed E-state index contributed by atoms with van der Waals surface area (Å²) in [6.07, 6.45) is 2.95. The molecule has 0 aliphatic heterocycles. The number of rotatable bonds is 4. The maximum absolute atomic E-state index is 5.76. The Morgan fingerprint density at radius 2 is 2.17 bits per heavy atom. The van der Waals surface area contributed by atoms with Crippen molar-refractivity contribution < 1.29 is 0 Å². The van der Waals surface area contributed by atoms with Gasteiger partial charge >= 0.3 is 0 Å². The maximum Gasteiger partial charge on any atom is 0.0452 e. The Labute approximate surface area is 77.7 Å². The second-order valence-corrected chi connectivity index (χ2v) is 3.60. The average Bonchev–Trinajstić information content (AvgIpc) is 2.09. The molecule has 0 unspecified atom stereocenters. The van der Waals surface area contributed by atoms with Crippen LogP contribution in [0.15, 0.2) is 41.8 Å². The van der Waals surface area contributed by atoms with E-state index in [9.17, 15) is 0 Å². The molecule has 0 atom stereocenters. The van der Waals surface area contributed by atoms with Gasteiger partial charge in [0.15, 0.2) is 0 Å². The van der Waals surface area contributed by atoms with E-state index in [2.05, 4.69) is 6.58 Å². The normalized spacial score (nSPS) is 9.67. The standard InChI is InChI=1S/C10H13NS/c1-2-3-8-12-10-7-5-4-6-9(10)11/h2,4-7H,1,3,8,11H2. The van der Waals surface area contributed by atoms with Gasteiger partial charge in [0.05, 0.1) is 0 Å². The van der Waals surface area contributed by atoms with Crippen LogP contribution in [0.5, 0.6) is 0 Å². The van der Waals surface area contributed by atoms with Crippen molar-refractivity contribution in [3.8, 4) is 0 Å². The predicted octanol–water partition coefficient (Wildman–Crippen LogP) is 2.94. The first-order valence-corrected chi connectivity index (χ1v) is 4.91. The zero-order valence-corrected chi connectivity index (χ0v) is 7.81. The smallest absolute Gasteiger partial charge is 0.0452 e. The van der Waals surface area contributed by atoms with Crippen molar-refractivity contribution in [2.75, 3.05) is 11.5 Å². The molecular formula is C10H13NS. The zero-order chi connectivity index (χ0) is 8.81. The molecule has 0 aromatic heterocycles. The minimum Gasteiger partial charge on any atom is -0.398 e. The van der Waals surface area contributed by atoms with Crippen molar-refractivity contribution in [2.24, 2.45) is 0 Å². The second-order valence-electron chi connectivity index (χ2n) is 2.46. The summed E-state index contributed by atoms with van der Waals surface area (Å²) in [7, 11) is 0. The number of nitrogens with two attached hydrogens (primary N) is 1. The maximum atomic E-state index is 5.76. The number of hydrogen-bond donors (Lipinski definition) is 1. The summed E-state index contributed by atoms with van der Waals surface area (Å²) in [4.78, 5) is 1.17. The van der Waals surface area contributed by atoms with Crippen LogP contribution >= 0.6 is 11.8 Å². The Kier molecular flexibility index (Phi) is 3.74. The van der Waals surface area contributed by atoms with Gasteiger partial charge in [0.1, 0.15) is 0 Å². The third-order valence-electron chi connectivity index (χ3n) is 1.50. The van der Waals surface area contributed by atoms with Gasteiger partial charge in [-0.3, -0.25) is 0 Å². The zero-order valence-electron chi connectivity index (χ0n) is 6.99. The van der Waals surface area contributed by atoms with E-state index in [0.29, 0.717) is 0 Å². The Morgan fingerprint density at radius 3 is 2.83 bits per heavy atom. The highest BCUT2D eigenvalue weighted by atomic mass is 32.2. The van der Waals surface area contributed by atoms with Gasteiger partial charge in [-0.05, 0) is 18.6 Å². The van der Waals surface area contributed by atoms with E-state index in [1.54, 1.807) is 11.8 Å². The number of benzene rings is 1. The van der Waals surface area contributed by atoms with Crippen LogP contribution in [-0.4, -0.2) is 5.75 Å². The molecule has 0 bridgehead atoms. The molecular weight excluding hydrogens is 166 g/mol. The molecule has 0 spiro atoms. The van der Waals surface area contributed by atoms with E-state index in [1.807, 2.05) is 30.3 Å². The van der Waals surface area contributed by atoms with Crippen LogP contribution in [0.1, 0.15) is 6.42 Å². The van der Waals surface area contributed by atoms with Crippen molar-refractivity contribution in [1.29, 1.82) is 0 Å². The summed E-state index contributed by atoms with van der Waals surface area (Å²) in [5.41, 5.74) is 6.62. The molecule has 12 heavy (non-hydrogen) atoms. The SMILES string of the molecule is C=CCCSc1ccccc1N. The summed E-state index contributed by atoms with van der Waals surface area (Å²) >= 11 is 1.78. The van der Waals surface area contributed by atoms with Crippen molar-refractivity contribution >= 4 is 17.4 Å². The minimum absolute atomic E-state index is 0.867. The van der Waals surface area contributed by atoms with E-state index in [0.717, 1.165) is 17.9 Å². The fraction of sp³-hybridized carbons (Fsp3) is 0.200. The quantitative estimate of drug-likeness (QED) is 0.333. The molecule has 0 saturated heterocycles. The van der Waals surface area contributed by atoms with Crippen LogP contribution < -0.4 is 5.73 Å². The molecule has 1 aromatic carbocycles. The Hall–Kier alpha value is -0.890.